The molecule has 0 bridgehead atoms. The summed E-state index contributed by atoms with van der Waals surface area (Å²) >= 11 is 0. The molecule has 0 aromatic carbocycles. The van der Waals surface area contributed by atoms with E-state index in [4.69, 9.17) is 4.74 Å². The molecule has 1 amide bonds. The molecule has 9 nitrogen and oxygen atoms in total. The summed E-state index contributed by atoms with van der Waals surface area (Å²) in [7, 11) is 0. The van der Waals surface area contributed by atoms with E-state index in [9.17, 15) is 9.59 Å². The van der Waals surface area contributed by atoms with Crippen molar-refractivity contribution in [1.29, 1.82) is 0 Å². The lowest BCUT2D eigenvalue weighted by molar-refractivity contribution is -0.124. The molecule has 9 heteroatoms. The minimum Gasteiger partial charge on any atom is -0.368 e. The number of pyridine rings is 1. The number of nitrogens with zero attached hydrogens (tertiary/aromatic N) is 4. The van der Waals surface area contributed by atoms with E-state index in [1.54, 1.807) is 18.5 Å². The summed E-state index contributed by atoms with van der Waals surface area (Å²) in [5, 5.41) is 7.04. The lowest BCUT2D eigenvalue weighted by atomic mass is 10.2. The van der Waals surface area contributed by atoms with Gasteiger partial charge in [-0.05, 0) is 25.0 Å². The summed E-state index contributed by atoms with van der Waals surface area (Å²) in [6, 6.07) is 4.84. The summed E-state index contributed by atoms with van der Waals surface area (Å²) < 4.78 is 6.74. The predicted molar refractivity (Wildman–Crippen MR) is 84.4 cm³/mol. The molecule has 1 unspecified atom stereocenters. The number of H-pyrrole nitrogens is 1. The summed E-state index contributed by atoms with van der Waals surface area (Å²) in [5.41, 5.74) is 0.328. The van der Waals surface area contributed by atoms with Gasteiger partial charge in [-0.25, -0.2) is 0 Å². The highest BCUT2D eigenvalue weighted by molar-refractivity contribution is 5.93. The van der Waals surface area contributed by atoms with Crippen molar-refractivity contribution in [3.63, 3.8) is 0 Å². The summed E-state index contributed by atoms with van der Waals surface area (Å²) in [4.78, 5) is 34.9. The van der Waals surface area contributed by atoms with Crippen LogP contribution in [-0.4, -0.2) is 43.2 Å². The van der Waals surface area contributed by atoms with Crippen LogP contribution in [0.1, 0.15) is 12.8 Å². The maximum atomic E-state index is 12.2. The third kappa shape index (κ3) is 2.65. The predicted octanol–water partition coefficient (Wildman–Crippen LogP) is 0.597. The number of hydrogen-bond donors (Lipinski definition) is 2. The largest absolute Gasteiger partial charge is 0.368 e. The number of anilines is 1. The van der Waals surface area contributed by atoms with Gasteiger partial charge < -0.3 is 10.1 Å². The smallest absolute Gasteiger partial charge is 0.254 e. The molecule has 4 heterocycles. The van der Waals surface area contributed by atoms with Crippen LogP contribution in [0, 0.1) is 0 Å². The molecular weight excluding hydrogens is 312 g/mol. The van der Waals surface area contributed by atoms with Gasteiger partial charge in [0.15, 0.2) is 5.82 Å². The second-order valence-corrected chi connectivity index (χ2v) is 5.42. The highest BCUT2D eigenvalue weighted by atomic mass is 16.5. The fourth-order valence-corrected chi connectivity index (χ4v) is 2.59. The average molecular weight is 326 g/mol. The molecule has 24 heavy (non-hydrogen) atoms. The highest BCUT2D eigenvalue weighted by Gasteiger charge is 2.24. The molecule has 4 rings (SSSR count). The van der Waals surface area contributed by atoms with Crippen LogP contribution in [-0.2, 0) is 9.53 Å². The van der Waals surface area contributed by atoms with E-state index in [1.165, 1.54) is 10.6 Å². The number of rotatable bonds is 3. The number of aromatic amines is 1. The second-order valence-electron chi connectivity index (χ2n) is 5.42. The molecule has 1 fully saturated rings. The van der Waals surface area contributed by atoms with E-state index in [2.05, 4.69) is 25.4 Å². The third-order valence-corrected chi connectivity index (χ3v) is 3.73. The Balaban J connectivity index is 1.73. The van der Waals surface area contributed by atoms with Gasteiger partial charge in [0, 0.05) is 30.6 Å². The van der Waals surface area contributed by atoms with Crippen molar-refractivity contribution >= 4 is 17.5 Å². The SMILES string of the molecule is O=C(Nc1cc(=O)[nH]c2nc(-c3cccnc3)nn12)C1CCCO1. The Kier molecular flexibility index (Phi) is 3.54. The molecule has 0 radical (unpaired) electrons. The number of amides is 1. The second kappa shape index (κ2) is 5.85. The van der Waals surface area contributed by atoms with Gasteiger partial charge >= 0.3 is 0 Å². The van der Waals surface area contributed by atoms with Crippen LogP contribution >= 0.6 is 0 Å². The Bertz CT molecular complexity index is 943. The lowest BCUT2D eigenvalue weighted by Gasteiger charge is -2.10. The van der Waals surface area contributed by atoms with Crippen LogP contribution < -0.4 is 10.9 Å². The van der Waals surface area contributed by atoms with Gasteiger partial charge in [-0.1, -0.05) is 0 Å². The van der Waals surface area contributed by atoms with Gasteiger partial charge in [-0.2, -0.15) is 9.50 Å². The van der Waals surface area contributed by atoms with Gasteiger partial charge in [-0.15, -0.1) is 5.10 Å². The van der Waals surface area contributed by atoms with E-state index in [0.717, 1.165) is 6.42 Å². The average Bonchev–Trinajstić information content (AvgIpc) is 3.25. The van der Waals surface area contributed by atoms with Crippen LogP contribution in [0.2, 0.25) is 0 Å². The Hall–Kier alpha value is -3.07. The standard InChI is InChI=1S/C15H14N6O3/c22-12-7-11(17-14(23)10-4-2-6-24-10)21-15(18-12)19-13(20-21)9-3-1-5-16-8-9/h1,3,5,7-8,10H,2,4,6H2,(H,17,23)(H,18,19,20,22). The summed E-state index contributed by atoms with van der Waals surface area (Å²) in [6.45, 7) is 0.567. The normalized spacial score (nSPS) is 17.2. The fourth-order valence-electron chi connectivity index (χ4n) is 2.59. The van der Waals surface area contributed by atoms with E-state index in [0.29, 0.717) is 24.4 Å². The van der Waals surface area contributed by atoms with Crippen LogP contribution in [0.3, 0.4) is 0 Å². The molecule has 0 spiro atoms. The van der Waals surface area contributed by atoms with Crippen LogP contribution in [0.5, 0.6) is 0 Å². The molecule has 0 saturated carbocycles. The molecular formula is C15H14N6O3. The summed E-state index contributed by atoms with van der Waals surface area (Å²) in [6.07, 6.45) is 4.28. The van der Waals surface area contributed by atoms with Crippen molar-refractivity contribution < 1.29 is 9.53 Å². The quantitative estimate of drug-likeness (QED) is 0.728. The van der Waals surface area contributed by atoms with Crippen molar-refractivity contribution in [3.05, 3.63) is 40.9 Å². The lowest BCUT2D eigenvalue weighted by Crippen LogP contribution is -2.28. The highest BCUT2D eigenvalue weighted by Crippen LogP contribution is 2.17. The first kappa shape index (κ1) is 14.5. The Labute approximate surface area is 135 Å². The van der Waals surface area contributed by atoms with Crippen LogP contribution in [0.25, 0.3) is 17.2 Å². The van der Waals surface area contributed by atoms with Crippen molar-refractivity contribution in [1.82, 2.24) is 24.6 Å². The van der Waals surface area contributed by atoms with Crippen LogP contribution in [0.4, 0.5) is 5.82 Å². The maximum absolute atomic E-state index is 12.2. The maximum Gasteiger partial charge on any atom is 0.254 e. The number of aromatic nitrogens is 5. The molecule has 1 saturated heterocycles. The monoisotopic (exact) mass is 326 g/mol. The van der Waals surface area contributed by atoms with Crippen molar-refractivity contribution in [2.24, 2.45) is 0 Å². The van der Waals surface area contributed by atoms with Gasteiger partial charge in [-0.3, -0.25) is 19.6 Å². The van der Waals surface area contributed by atoms with Gasteiger partial charge in [0.1, 0.15) is 11.9 Å². The van der Waals surface area contributed by atoms with Gasteiger partial charge in [0.05, 0.1) is 0 Å². The number of nitrogens with one attached hydrogen (secondary N) is 2. The molecule has 122 valence electrons. The molecule has 1 atom stereocenters. The van der Waals surface area contributed by atoms with E-state index in [1.807, 2.05) is 6.07 Å². The number of ether oxygens (including phenoxy) is 1. The number of carbonyl (C=O) groups is 1. The van der Waals surface area contributed by atoms with E-state index < -0.39 is 6.10 Å². The van der Waals surface area contributed by atoms with E-state index >= 15 is 0 Å². The minimum atomic E-state index is -0.499. The first-order chi connectivity index (χ1) is 11.7. The first-order valence-corrected chi connectivity index (χ1v) is 7.54. The zero-order valence-electron chi connectivity index (χ0n) is 12.6. The topological polar surface area (TPSA) is 114 Å². The van der Waals surface area contributed by atoms with E-state index in [-0.39, 0.29) is 23.1 Å². The minimum absolute atomic E-state index is 0.240. The molecule has 0 aliphatic carbocycles. The van der Waals surface area contributed by atoms with Crippen molar-refractivity contribution in [2.45, 2.75) is 18.9 Å². The van der Waals surface area contributed by atoms with Crippen molar-refractivity contribution in [3.8, 4) is 11.4 Å². The molecule has 3 aromatic rings. The van der Waals surface area contributed by atoms with Gasteiger partial charge in [0.25, 0.3) is 11.5 Å². The zero-order chi connectivity index (χ0) is 16.5. The van der Waals surface area contributed by atoms with Gasteiger partial charge in [0.2, 0.25) is 5.78 Å². The van der Waals surface area contributed by atoms with Crippen molar-refractivity contribution in [2.75, 3.05) is 11.9 Å². The molecule has 2 N–H and O–H groups in total. The number of hydrogen-bond acceptors (Lipinski definition) is 6. The number of fused-ring (bicyclic) bond motifs is 1. The Morgan fingerprint density at radius 3 is 3.12 bits per heavy atom. The fraction of sp³-hybridized carbons (Fsp3) is 0.267. The Morgan fingerprint density at radius 2 is 2.38 bits per heavy atom. The molecule has 3 aromatic heterocycles. The third-order valence-electron chi connectivity index (χ3n) is 3.73. The van der Waals surface area contributed by atoms with Crippen LogP contribution in [0.15, 0.2) is 35.4 Å². The Morgan fingerprint density at radius 1 is 1.46 bits per heavy atom. The number of carbonyl (C=O) groups excluding carboxylic acids is 1. The molecule has 1 aliphatic rings. The zero-order valence-corrected chi connectivity index (χ0v) is 12.6. The summed E-state index contributed by atoms with van der Waals surface area (Å²) in [5.74, 6) is 0.594. The first-order valence-electron chi connectivity index (χ1n) is 7.54. The molecule has 1 aliphatic heterocycles.